The molecule has 0 aliphatic rings. The number of carbonyl (C=O) groups excluding carboxylic acids is 2. The zero-order chi connectivity index (χ0) is 28.6. The van der Waals surface area contributed by atoms with Gasteiger partial charge >= 0.3 is 0 Å². The number of anilines is 1. The summed E-state index contributed by atoms with van der Waals surface area (Å²) in [7, 11) is -1.30. The standard InChI is InChI=1S/C28H32ClN3O6S/c1-5-30-28(34)20(2)31(18-21-11-9-10-14-24(21)29)27(33)19-32(39(35,36)23-12-7-6-8-13-23)22-15-16-25(37-3)26(17-22)38-4/h6-17,20H,5,18-19H2,1-4H3,(H,30,34). The zero-order valence-corrected chi connectivity index (χ0v) is 23.8. The van der Waals surface area contributed by atoms with E-state index in [-0.39, 0.29) is 23.0 Å². The van der Waals surface area contributed by atoms with Crippen molar-refractivity contribution in [2.45, 2.75) is 31.3 Å². The fourth-order valence-electron chi connectivity index (χ4n) is 3.94. The molecule has 1 atom stereocenters. The highest BCUT2D eigenvalue weighted by molar-refractivity contribution is 7.92. The lowest BCUT2D eigenvalue weighted by Crippen LogP contribution is -2.51. The van der Waals surface area contributed by atoms with E-state index in [4.69, 9.17) is 21.1 Å². The number of hydrogen-bond acceptors (Lipinski definition) is 6. The number of likely N-dealkylation sites (N-methyl/N-ethyl adjacent to an activating group) is 1. The van der Waals surface area contributed by atoms with Crippen LogP contribution in [0, 0.1) is 0 Å². The molecule has 3 aromatic carbocycles. The predicted octanol–water partition coefficient (Wildman–Crippen LogP) is 4.11. The van der Waals surface area contributed by atoms with Crippen molar-refractivity contribution in [3.05, 3.63) is 83.4 Å². The lowest BCUT2D eigenvalue weighted by atomic mass is 10.1. The maximum atomic E-state index is 13.9. The van der Waals surface area contributed by atoms with E-state index in [1.807, 2.05) is 0 Å². The second-order valence-corrected chi connectivity index (χ2v) is 10.8. The van der Waals surface area contributed by atoms with Crippen LogP contribution in [0.3, 0.4) is 0 Å². The summed E-state index contributed by atoms with van der Waals surface area (Å²) in [6, 6.07) is 18.4. The van der Waals surface area contributed by atoms with E-state index < -0.39 is 28.5 Å². The quantitative estimate of drug-likeness (QED) is 0.350. The summed E-state index contributed by atoms with van der Waals surface area (Å²) in [4.78, 5) is 28.0. The smallest absolute Gasteiger partial charge is 0.264 e. The minimum Gasteiger partial charge on any atom is -0.493 e. The average Bonchev–Trinajstić information content (AvgIpc) is 2.95. The molecule has 0 saturated carbocycles. The van der Waals surface area contributed by atoms with E-state index in [2.05, 4.69) is 5.32 Å². The largest absolute Gasteiger partial charge is 0.493 e. The van der Waals surface area contributed by atoms with Gasteiger partial charge in [-0.3, -0.25) is 13.9 Å². The van der Waals surface area contributed by atoms with Crippen molar-refractivity contribution < 1.29 is 27.5 Å². The first kappa shape index (κ1) is 29.8. The third kappa shape index (κ3) is 7.01. The lowest BCUT2D eigenvalue weighted by molar-refractivity contribution is -0.139. The van der Waals surface area contributed by atoms with Gasteiger partial charge < -0.3 is 19.7 Å². The molecule has 1 N–H and O–H groups in total. The van der Waals surface area contributed by atoms with Gasteiger partial charge in [0.2, 0.25) is 11.8 Å². The normalized spacial score (nSPS) is 11.8. The molecule has 2 amide bonds. The lowest BCUT2D eigenvalue weighted by Gasteiger charge is -2.32. The first-order valence-corrected chi connectivity index (χ1v) is 14.1. The Morgan fingerprint density at radius 3 is 2.21 bits per heavy atom. The molecule has 0 saturated heterocycles. The monoisotopic (exact) mass is 573 g/mol. The Bertz CT molecular complexity index is 1400. The van der Waals surface area contributed by atoms with Crippen LogP contribution in [0.15, 0.2) is 77.7 Å². The van der Waals surface area contributed by atoms with E-state index in [1.54, 1.807) is 62.4 Å². The topological polar surface area (TPSA) is 105 Å². The van der Waals surface area contributed by atoms with Gasteiger partial charge in [-0.2, -0.15) is 0 Å². The van der Waals surface area contributed by atoms with Crippen molar-refractivity contribution in [3.63, 3.8) is 0 Å². The van der Waals surface area contributed by atoms with E-state index in [0.717, 1.165) is 4.31 Å². The molecule has 39 heavy (non-hydrogen) atoms. The van der Waals surface area contributed by atoms with Gasteiger partial charge in [-0.25, -0.2) is 8.42 Å². The number of halogens is 1. The molecule has 11 heteroatoms. The molecule has 0 fully saturated rings. The summed E-state index contributed by atoms with van der Waals surface area (Å²) in [5, 5.41) is 3.14. The molecular weight excluding hydrogens is 542 g/mol. The molecule has 0 aliphatic heterocycles. The number of carbonyl (C=O) groups is 2. The molecule has 208 valence electrons. The SMILES string of the molecule is CCNC(=O)C(C)N(Cc1ccccc1Cl)C(=O)CN(c1ccc(OC)c(OC)c1)S(=O)(=O)c1ccccc1. The molecule has 3 aromatic rings. The van der Waals surface area contributed by atoms with Gasteiger partial charge in [-0.15, -0.1) is 0 Å². The Morgan fingerprint density at radius 1 is 0.949 bits per heavy atom. The number of sulfonamides is 1. The summed E-state index contributed by atoms with van der Waals surface area (Å²) in [6.45, 7) is 3.16. The Morgan fingerprint density at radius 2 is 1.59 bits per heavy atom. The summed E-state index contributed by atoms with van der Waals surface area (Å²) in [5.74, 6) is -0.279. The molecule has 0 radical (unpaired) electrons. The average molecular weight is 574 g/mol. The van der Waals surface area contributed by atoms with Crippen LogP contribution < -0.4 is 19.1 Å². The van der Waals surface area contributed by atoms with Gasteiger partial charge in [0.25, 0.3) is 10.0 Å². The second kappa shape index (κ2) is 13.3. The highest BCUT2D eigenvalue weighted by Gasteiger charge is 2.33. The molecule has 0 aliphatic carbocycles. The van der Waals surface area contributed by atoms with Crippen LogP contribution >= 0.6 is 11.6 Å². The highest BCUT2D eigenvalue weighted by atomic mass is 35.5. The van der Waals surface area contributed by atoms with Gasteiger partial charge in [-0.1, -0.05) is 48.0 Å². The third-order valence-electron chi connectivity index (χ3n) is 6.08. The van der Waals surface area contributed by atoms with Crippen molar-refractivity contribution in [3.8, 4) is 11.5 Å². The number of ether oxygens (including phenoxy) is 2. The Labute approximate surface area is 234 Å². The number of amides is 2. The predicted molar refractivity (Wildman–Crippen MR) is 151 cm³/mol. The van der Waals surface area contributed by atoms with Crippen LogP contribution in [-0.4, -0.2) is 58.5 Å². The Balaban J connectivity index is 2.09. The minimum atomic E-state index is -4.20. The maximum Gasteiger partial charge on any atom is 0.264 e. The van der Waals surface area contributed by atoms with E-state index in [1.165, 1.54) is 43.4 Å². The van der Waals surface area contributed by atoms with E-state index in [0.29, 0.717) is 28.6 Å². The summed E-state index contributed by atoms with van der Waals surface area (Å²) < 4.78 is 39.4. The molecule has 0 bridgehead atoms. The van der Waals surface area contributed by atoms with Crippen LogP contribution in [0.5, 0.6) is 11.5 Å². The van der Waals surface area contributed by atoms with E-state index >= 15 is 0 Å². The van der Waals surface area contributed by atoms with Crippen LogP contribution in [0.25, 0.3) is 0 Å². The van der Waals surface area contributed by atoms with Crippen LogP contribution in [0.1, 0.15) is 19.4 Å². The van der Waals surface area contributed by atoms with Gasteiger partial charge in [0.05, 0.1) is 24.8 Å². The van der Waals surface area contributed by atoms with Crippen molar-refractivity contribution in [1.29, 1.82) is 0 Å². The van der Waals surface area contributed by atoms with Crippen molar-refractivity contribution >= 4 is 39.1 Å². The number of benzene rings is 3. The number of rotatable bonds is 12. The Hall–Kier alpha value is -3.76. The van der Waals surface area contributed by atoms with Gasteiger partial charge in [0, 0.05) is 24.2 Å². The van der Waals surface area contributed by atoms with Crippen molar-refractivity contribution in [1.82, 2.24) is 10.2 Å². The maximum absolute atomic E-state index is 13.9. The van der Waals surface area contributed by atoms with Crippen molar-refractivity contribution in [2.24, 2.45) is 0 Å². The molecule has 3 rings (SSSR count). The number of nitrogens with one attached hydrogen (secondary N) is 1. The first-order valence-electron chi connectivity index (χ1n) is 12.2. The third-order valence-corrected chi connectivity index (χ3v) is 8.24. The first-order chi connectivity index (χ1) is 18.6. The molecule has 1 unspecified atom stereocenters. The minimum absolute atomic E-state index is 0.00186. The van der Waals surface area contributed by atoms with Crippen LogP contribution in [0.4, 0.5) is 5.69 Å². The Kier molecular flexibility index (Phi) is 10.2. The zero-order valence-electron chi connectivity index (χ0n) is 22.3. The van der Waals surface area contributed by atoms with E-state index in [9.17, 15) is 18.0 Å². The number of hydrogen-bond donors (Lipinski definition) is 1. The van der Waals surface area contributed by atoms with Crippen molar-refractivity contribution in [2.75, 3.05) is 31.6 Å². The van der Waals surface area contributed by atoms with Crippen LogP contribution in [0.2, 0.25) is 5.02 Å². The summed E-state index contributed by atoms with van der Waals surface area (Å²) >= 11 is 6.36. The number of methoxy groups -OCH3 is 2. The fourth-order valence-corrected chi connectivity index (χ4v) is 5.57. The molecular formula is C28H32ClN3O6S. The number of nitrogens with zero attached hydrogens (tertiary/aromatic N) is 2. The molecule has 9 nitrogen and oxygen atoms in total. The van der Waals surface area contributed by atoms with Gasteiger partial charge in [0.15, 0.2) is 11.5 Å². The fraction of sp³-hybridized carbons (Fsp3) is 0.286. The summed E-state index contributed by atoms with van der Waals surface area (Å²) in [5.41, 5.74) is 0.806. The molecule has 0 heterocycles. The highest BCUT2D eigenvalue weighted by Crippen LogP contribution is 2.34. The van der Waals surface area contributed by atoms with Crippen LogP contribution in [-0.2, 0) is 26.2 Å². The molecule has 0 aromatic heterocycles. The summed E-state index contributed by atoms with van der Waals surface area (Å²) in [6.07, 6.45) is 0. The van der Waals surface area contributed by atoms with Gasteiger partial charge in [0.1, 0.15) is 12.6 Å². The van der Waals surface area contributed by atoms with Gasteiger partial charge in [-0.05, 0) is 49.7 Å². The second-order valence-electron chi connectivity index (χ2n) is 8.55. The molecule has 0 spiro atoms.